The Morgan fingerprint density at radius 3 is 2.48 bits per heavy atom. The van der Waals surface area contributed by atoms with E-state index >= 15 is 0 Å². The Morgan fingerprint density at radius 2 is 1.68 bits per heavy atom. The minimum Gasteiger partial charge on any atom is -0.345 e. The molecule has 0 aliphatic carbocycles. The lowest BCUT2D eigenvalue weighted by molar-refractivity contribution is 1.04. The molecule has 2 aromatic heterocycles. The highest BCUT2D eigenvalue weighted by Gasteiger charge is 2.18. The van der Waals surface area contributed by atoms with Crippen molar-refractivity contribution < 1.29 is 0 Å². The summed E-state index contributed by atoms with van der Waals surface area (Å²) in [6, 6.07) is 18.7. The topological polar surface area (TPSA) is 61.4 Å². The molecule has 5 rings (SSSR count). The minimum absolute atomic E-state index is 0.518. The van der Waals surface area contributed by atoms with E-state index in [0.29, 0.717) is 31.3 Å². The van der Waals surface area contributed by atoms with Crippen LogP contribution in [0.25, 0.3) is 28.0 Å². The maximum Gasteiger partial charge on any atom is 0.183 e. The molecule has 9 heteroatoms. The van der Waals surface area contributed by atoms with Crippen LogP contribution in [-0.2, 0) is 0 Å². The number of imidazole rings is 2. The van der Waals surface area contributed by atoms with Crippen LogP contribution in [0.3, 0.4) is 0 Å². The molecule has 154 valence electrons. The molecule has 0 saturated carbocycles. The number of rotatable bonds is 4. The van der Waals surface area contributed by atoms with Gasteiger partial charge in [0, 0.05) is 15.6 Å². The molecule has 0 saturated heterocycles. The Balaban J connectivity index is 1.73. The summed E-state index contributed by atoms with van der Waals surface area (Å²) in [5, 5.41) is 5.11. The first-order valence-corrected chi connectivity index (χ1v) is 10.8. The maximum atomic E-state index is 6.39. The first kappa shape index (κ1) is 20.2. The van der Waals surface area contributed by atoms with Gasteiger partial charge in [0.05, 0.1) is 39.5 Å². The van der Waals surface area contributed by atoms with E-state index in [4.69, 9.17) is 47.0 Å². The van der Waals surface area contributed by atoms with Crippen LogP contribution in [0.4, 0.5) is 11.5 Å². The fourth-order valence-corrected chi connectivity index (χ4v) is 4.21. The molecule has 31 heavy (non-hydrogen) atoms. The standard InChI is InChI=1S/C22H14Cl3N5S/c23-13-3-1-12(2-4-13)20-21(28-18-9-14(24)5-7-16(18)25)29-22(31)30(20)15-6-8-17-19(10-15)27-11-26-17/h1-11,28H,(H,26,27)(H,29,31). The van der Waals surface area contributed by atoms with Crippen LogP contribution in [0.15, 0.2) is 67.0 Å². The smallest absolute Gasteiger partial charge is 0.183 e. The molecule has 0 aliphatic heterocycles. The zero-order valence-corrected chi connectivity index (χ0v) is 18.9. The van der Waals surface area contributed by atoms with Crippen molar-refractivity contribution in [1.29, 1.82) is 0 Å². The molecular formula is C22H14Cl3N5S. The van der Waals surface area contributed by atoms with E-state index in [1.54, 1.807) is 24.5 Å². The van der Waals surface area contributed by atoms with Crippen LogP contribution in [0.5, 0.6) is 0 Å². The first-order valence-electron chi connectivity index (χ1n) is 9.26. The van der Waals surface area contributed by atoms with E-state index in [9.17, 15) is 0 Å². The van der Waals surface area contributed by atoms with Crippen LogP contribution in [0.2, 0.25) is 15.1 Å². The zero-order valence-electron chi connectivity index (χ0n) is 15.8. The van der Waals surface area contributed by atoms with Gasteiger partial charge >= 0.3 is 0 Å². The largest absolute Gasteiger partial charge is 0.345 e. The highest BCUT2D eigenvalue weighted by Crippen LogP contribution is 2.36. The normalized spacial score (nSPS) is 11.2. The minimum atomic E-state index is 0.518. The Bertz CT molecular complexity index is 1470. The number of nitrogens with zero attached hydrogens (tertiary/aromatic N) is 2. The zero-order chi connectivity index (χ0) is 21.5. The van der Waals surface area contributed by atoms with Gasteiger partial charge in [-0.05, 0) is 60.7 Å². The number of hydrogen-bond acceptors (Lipinski definition) is 3. The average molecular weight is 487 g/mol. The number of anilines is 2. The lowest BCUT2D eigenvalue weighted by Gasteiger charge is -2.13. The summed E-state index contributed by atoms with van der Waals surface area (Å²) in [5.74, 6) is 0.682. The predicted molar refractivity (Wildman–Crippen MR) is 131 cm³/mol. The quantitative estimate of drug-likeness (QED) is 0.227. The third kappa shape index (κ3) is 3.83. The third-order valence-electron chi connectivity index (χ3n) is 4.86. The second-order valence-corrected chi connectivity index (χ2v) is 8.52. The average Bonchev–Trinajstić information content (AvgIpc) is 3.34. The molecule has 0 aliphatic rings. The van der Waals surface area contributed by atoms with Crippen LogP contribution in [0, 0.1) is 4.77 Å². The molecule has 0 fully saturated rings. The number of aromatic amines is 2. The summed E-state index contributed by atoms with van der Waals surface area (Å²) in [7, 11) is 0. The van der Waals surface area contributed by atoms with Gasteiger partial charge < -0.3 is 15.3 Å². The highest BCUT2D eigenvalue weighted by molar-refractivity contribution is 7.71. The van der Waals surface area contributed by atoms with Crippen molar-refractivity contribution >= 4 is 69.6 Å². The monoisotopic (exact) mass is 485 g/mol. The Hall–Kier alpha value is -2.77. The van der Waals surface area contributed by atoms with Crippen molar-refractivity contribution in [3.63, 3.8) is 0 Å². The number of fused-ring (bicyclic) bond motifs is 1. The number of aromatic nitrogens is 4. The van der Waals surface area contributed by atoms with Crippen LogP contribution < -0.4 is 5.32 Å². The summed E-state index contributed by atoms with van der Waals surface area (Å²) in [6.07, 6.45) is 1.67. The lowest BCUT2D eigenvalue weighted by Crippen LogP contribution is -1.99. The molecule has 0 bridgehead atoms. The van der Waals surface area contributed by atoms with Crippen molar-refractivity contribution in [2.24, 2.45) is 0 Å². The number of H-pyrrole nitrogens is 2. The fourth-order valence-electron chi connectivity index (χ4n) is 3.44. The Kier molecular flexibility index (Phi) is 5.24. The van der Waals surface area contributed by atoms with Crippen molar-refractivity contribution in [3.05, 3.63) is 86.8 Å². The van der Waals surface area contributed by atoms with Crippen molar-refractivity contribution in [1.82, 2.24) is 19.5 Å². The van der Waals surface area contributed by atoms with Gasteiger partial charge in [-0.2, -0.15) is 0 Å². The number of hydrogen-bond donors (Lipinski definition) is 3. The molecule has 0 spiro atoms. The number of benzene rings is 3. The Labute approximate surface area is 197 Å². The van der Waals surface area contributed by atoms with Gasteiger partial charge in [-0.25, -0.2) is 4.98 Å². The van der Waals surface area contributed by atoms with Gasteiger partial charge in [-0.1, -0.05) is 46.9 Å². The Morgan fingerprint density at radius 1 is 0.903 bits per heavy atom. The van der Waals surface area contributed by atoms with Gasteiger partial charge in [-0.15, -0.1) is 0 Å². The lowest BCUT2D eigenvalue weighted by atomic mass is 10.1. The number of halogens is 3. The summed E-state index contributed by atoms with van der Waals surface area (Å²) < 4.78 is 2.48. The summed E-state index contributed by atoms with van der Waals surface area (Å²) in [6.45, 7) is 0. The first-order chi connectivity index (χ1) is 15.0. The van der Waals surface area contributed by atoms with E-state index in [-0.39, 0.29) is 0 Å². The molecule has 5 aromatic rings. The second kappa shape index (κ2) is 8.05. The van der Waals surface area contributed by atoms with Crippen molar-refractivity contribution in [2.75, 3.05) is 5.32 Å². The SMILES string of the molecule is S=c1[nH]c(Nc2cc(Cl)ccc2Cl)c(-c2ccc(Cl)cc2)n1-c1ccc2nc[nH]c2c1. The van der Waals surface area contributed by atoms with E-state index in [2.05, 4.69) is 20.3 Å². The van der Waals surface area contributed by atoms with Gasteiger partial charge in [0.25, 0.3) is 0 Å². The summed E-state index contributed by atoms with van der Waals surface area (Å²) in [5.41, 5.74) is 5.08. The van der Waals surface area contributed by atoms with E-state index in [1.165, 1.54) is 0 Å². The third-order valence-corrected chi connectivity index (χ3v) is 5.96. The predicted octanol–water partition coefficient (Wildman–Crippen LogP) is 7.78. The van der Waals surface area contributed by atoms with Gasteiger partial charge in [0.1, 0.15) is 5.82 Å². The number of nitrogens with one attached hydrogen (secondary N) is 3. The van der Waals surface area contributed by atoms with Crippen LogP contribution in [-0.4, -0.2) is 19.5 Å². The fraction of sp³-hybridized carbons (Fsp3) is 0. The van der Waals surface area contributed by atoms with E-state index < -0.39 is 0 Å². The van der Waals surface area contributed by atoms with Crippen molar-refractivity contribution in [2.45, 2.75) is 0 Å². The molecular weight excluding hydrogens is 473 g/mol. The molecule has 0 radical (unpaired) electrons. The van der Waals surface area contributed by atoms with Crippen LogP contribution in [0.1, 0.15) is 0 Å². The molecule has 5 nitrogen and oxygen atoms in total. The summed E-state index contributed by atoms with van der Waals surface area (Å²) >= 11 is 24.4. The van der Waals surface area contributed by atoms with Gasteiger partial charge in [0.15, 0.2) is 4.77 Å². The van der Waals surface area contributed by atoms with Crippen molar-refractivity contribution in [3.8, 4) is 16.9 Å². The molecule has 3 aromatic carbocycles. The molecule has 3 N–H and O–H groups in total. The maximum absolute atomic E-state index is 6.39. The van der Waals surface area contributed by atoms with Gasteiger partial charge in [-0.3, -0.25) is 4.57 Å². The summed E-state index contributed by atoms with van der Waals surface area (Å²) in [4.78, 5) is 10.7. The highest BCUT2D eigenvalue weighted by atomic mass is 35.5. The molecule has 2 heterocycles. The van der Waals surface area contributed by atoms with Gasteiger partial charge in [0.2, 0.25) is 0 Å². The molecule has 0 unspecified atom stereocenters. The second-order valence-electron chi connectivity index (χ2n) is 6.85. The van der Waals surface area contributed by atoms with E-state index in [0.717, 1.165) is 28.0 Å². The molecule has 0 amide bonds. The molecule has 0 atom stereocenters. The van der Waals surface area contributed by atoms with E-state index in [1.807, 2.05) is 47.0 Å². The van der Waals surface area contributed by atoms with Crippen LogP contribution >= 0.6 is 47.0 Å².